The lowest BCUT2D eigenvalue weighted by atomic mass is 10.1. The second-order valence-corrected chi connectivity index (χ2v) is 9.69. The van der Waals surface area contributed by atoms with E-state index in [0.717, 1.165) is 16.9 Å². The fourth-order valence-corrected chi connectivity index (χ4v) is 4.54. The van der Waals surface area contributed by atoms with Gasteiger partial charge in [0.15, 0.2) is 0 Å². The number of nitrogens with one attached hydrogen (secondary N) is 2. The van der Waals surface area contributed by atoms with Crippen LogP contribution in [0.2, 0.25) is 0 Å². The average Bonchev–Trinajstić information content (AvgIpc) is 3.24. The molecule has 0 fully saturated rings. The van der Waals surface area contributed by atoms with E-state index in [1.807, 2.05) is 19.1 Å². The number of sulfonamides is 1. The number of benzene rings is 2. The molecule has 9 nitrogen and oxygen atoms in total. The Morgan fingerprint density at radius 2 is 1.65 bits per heavy atom. The first-order valence-corrected chi connectivity index (χ1v) is 12.2. The van der Waals surface area contributed by atoms with Gasteiger partial charge in [-0.1, -0.05) is 35.8 Å². The Labute approximate surface area is 201 Å². The molecule has 0 aliphatic carbocycles. The van der Waals surface area contributed by atoms with Gasteiger partial charge in [-0.05, 0) is 62.2 Å². The van der Waals surface area contributed by atoms with Gasteiger partial charge in [-0.3, -0.25) is 9.59 Å². The number of hydrogen-bond donors (Lipinski definition) is 2. The molecule has 1 aromatic heterocycles. The minimum atomic E-state index is -3.93. The highest BCUT2D eigenvalue weighted by Crippen LogP contribution is 2.31. The first kappa shape index (κ1) is 23.5. The quantitative estimate of drug-likeness (QED) is 0.468. The predicted molar refractivity (Wildman–Crippen MR) is 128 cm³/mol. The maximum absolute atomic E-state index is 12.9. The van der Waals surface area contributed by atoms with Gasteiger partial charge in [0.1, 0.15) is 10.7 Å². The number of carbonyl (C=O) groups is 2. The van der Waals surface area contributed by atoms with E-state index in [4.69, 9.17) is 16.1 Å². The number of carbonyl (C=O) groups excluding carboxylic acids is 2. The molecule has 1 aliphatic rings. The predicted octanol–water partition coefficient (Wildman–Crippen LogP) is 4.09. The second-order valence-electron chi connectivity index (χ2n) is 7.63. The number of imide groups is 1. The number of rotatable bonds is 7. The standard InChI is InChI=1S/C23H21ClN4O5S/c1-4-15-5-9-17(10-6-15)28-22(29)19(24)20(23(28)30)25-16-7-11-18(12-8-16)34(31,32)27-21-13(2)14(3)26-33-21/h5-12,25,27H,4H2,1-3H3. The molecule has 2 N–H and O–H groups in total. The van der Waals surface area contributed by atoms with Crippen molar-refractivity contribution >= 4 is 50.7 Å². The number of nitrogens with zero attached hydrogens (tertiary/aromatic N) is 2. The van der Waals surface area contributed by atoms with Gasteiger partial charge in [-0.25, -0.2) is 18.0 Å². The monoisotopic (exact) mass is 500 g/mol. The molecule has 0 spiro atoms. The molecule has 2 amide bonds. The van der Waals surface area contributed by atoms with Crippen molar-refractivity contribution in [3.8, 4) is 0 Å². The van der Waals surface area contributed by atoms with Crippen LogP contribution in [0, 0.1) is 13.8 Å². The zero-order valence-corrected chi connectivity index (χ0v) is 20.1. The number of amides is 2. The third-order valence-electron chi connectivity index (χ3n) is 5.45. The zero-order chi connectivity index (χ0) is 24.6. The minimum Gasteiger partial charge on any atom is -0.350 e. The van der Waals surface area contributed by atoms with Gasteiger partial charge in [-0.2, -0.15) is 0 Å². The Hall–Kier alpha value is -3.63. The number of aromatic nitrogens is 1. The van der Waals surface area contributed by atoms with Crippen LogP contribution in [0.4, 0.5) is 17.3 Å². The van der Waals surface area contributed by atoms with Crippen LogP contribution >= 0.6 is 11.6 Å². The molecule has 0 radical (unpaired) electrons. The van der Waals surface area contributed by atoms with Crippen LogP contribution in [0.15, 0.2) is 68.7 Å². The van der Waals surface area contributed by atoms with Crippen LogP contribution in [0.1, 0.15) is 23.7 Å². The maximum Gasteiger partial charge on any atom is 0.283 e. The van der Waals surface area contributed by atoms with Crippen molar-refractivity contribution < 1.29 is 22.5 Å². The van der Waals surface area contributed by atoms with Crippen molar-refractivity contribution in [2.45, 2.75) is 32.1 Å². The highest BCUT2D eigenvalue weighted by Gasteiger charge is 2.39. The second kappa shape index (κ2) is 8.96. The third kappa shape index (κ3) is 4.29. The van der Waals surface area contributed by atoms with Gasteiger partial charge in [0.05, 0.1) is 16.3 Å². The van der Waals surface area contributed by atoms with E-state index in [0.29, 0.717) is 22.6 Å². The van der Waals surface area contributed by atoms with Crippen LogP contribution < -0.4 is 14.9 Å². The first-order chi connectivity index (χ1) is 16.1. The molecule has 4 rings (SSSR count). The van der Waals surface area contributed by atoms with E-state index in [-0.39, 0.29) is 21.5 Å². The molecule has 0 saturated heterocycles. The van der Waals surface area contributed by atoms with Crippen LogP contribution in [-0.2, 0) is 26.0 Å². The summed E-state index contributed by atoms with van der Waals surface area (Å²) in [4.78, 5) is 26.5. The average molecular weight is 501 g/mol. The van der Waals surface area contributed by atoms with E-state index in [2.05, 4.69) is 15.2 Å². The number of hydrogen-bond acceptors (Lipinski definition) is 7. The summed E-state index contributed by atoms with van der Waals surface area (Å²) >= 11 is 6.17. The Morgan fingerprint density at radius 1 is 1.00 bits per heavy atom. The normalized spacial score (nSPS) is 14.2. The van der Waals surface area contributed by atoms with E-state index in [9.17, 15) is 18.0 Å². The van der Waals surface area contributed by atoms with Gasteiger partial charge in [0.2, 0.25) is 5.88 Å². The Balaban J connectivity index is 1.52. The summed E-state index contributed by atoms with van der Waals surface area (Å²) in [6.07, 6.45) is 0.826. The molecular formula is C23H21ClN4O5S. The molecule has 2 aromatic carbocycles. The molecule has 11 heteroatoms. The van der Waals surface area contributed by atoms with Crippen molar-refractivity contribution in [1.29, 1.82) is 0 Å². The summed E-state index contributed by atoms with van der Waals surface area (Å²) in [5.74, 6) is -1.20. The van der Waals surface area contributed by atoms with Crippen molar-refractivity contribution in [3.05, 3.63) is 76.1 Å². The van der Waals surface area contributed by atoms with E-state index in [1.54, 1.807) is 26.0 Å². The van der Waals surface area contributed by atoms with Gasteiger partial charge in [0, 0.05) is 11.3 Å². The fraction of sp³-hybridized carbons (Fsp3) is 0.174. The topological polar surface area (TPSA) is 122 Å². The van der Waals surface area contributed by atoms with E-state index in [1.165, 1.54) is 24.3 Å². The number of halogens is 1. The van der Waals surface area contributed by atoms with Gasteiger partial charge < -0.3 is 9.84 Å². The van der Waals surface area contributed by atoms with E-state index >= 15 is 0 Å². The SMILES string of the molecule is CCc1ccc(N2C(=O)C(Cl)=C(Nc3ccc(S(=O)(=O)Nc4onc(C)c4C)cc3)C2=O)cc1. The molecule has 0 bridgehead atoms. The third-order valence-corrected chi connectivity index (χ3v) is 7.15. The smallest absolute Gasteiger partial charge is 0.283 e. The van der Waals surface area contributed by atoms with Crippen LogP contribution in [-0.4, -0.2) is 25.4 Å². The molecule has 0 unspecified atom stereocenters. The summed E-state index contributed by atoms with van der Waals surface area (Å²) in [6, 6.07) is 12.7. The van der Waals surface area contributed by atoms with Crippen molar-refractivity contribution in [3.63, 3.8) is 0 Å². The van der Waals surface area contributed by atoms with E-state index < -0.39 is 21.8 Å². The Bertz CT molecular complexity index is 1410. The summed E-state index contributed by atoms with van der Waals surface area (Å²) in [6.45, 7) is 5.40. The minimum absolute atomic E-state index is 0.0296. The van der Waals surface area contributed by atoms with Gasteiger partial charge in [-0.15, -0.1) is 0 Å². The lowest BCUT2D eigenvalue weighted by Gasteiger charge is -2.15. The van der Waals surface area contributed by atoms with Crippen molar-refractivity contribution in [2.24, 2.45) is 0 Å². The summed E-state index contributed by atoms with van der Waals surface area (Å²) < 4.78 is 32.7. The highest BCUT2D eigenvalue weighted by molar-refractivity contribution is 7.92. The molecule has 176 valence electrons. The fourth-order valence-electron chi connectivity index (χ4n) is 3.28. The summed E-state index contributed by atoms with van der Waals surface area (Å²) in [7, 11) is -3.93. The molecule has 2 heterocycles. The van der Waals surface area contributed by atoms with Crippen LogP contribution in [0.5, 0.6) is 0 Å². The molecule has 34 heavy (non-hydrogen) atoms. The largest absolute Gasteiger partial charge is 0.350 e. The van der Waals surface area contributed by atoms with Crippen LogP contribution in [0.3, 0.4) is 0 Å². The highest BCUT2D eigenvalue weighted by atomic mass is 35.5. The van der Waals surface area contributed by atoms with Crippen LogP contribution in [0.25, 0.3) is 0 Å². The first-order valence-electron chi connectivity index (χ1n) is 10.3. The van der Waals surface area contributed by atoms with Gasteiger partial charge >= 0.3 is 0 Å². The van der Waals surface area contributed by atoms with Crippen molar-refractivity contribution in [2.75, 3.05) is 14.9 Å². The summed E-state index contributed by atoms with van der Waals surface area (Å²) in [5.41, 5.74) is 2.93. The van der Waals surface area contributed by atoms with Crippen molar-refractivity contribution in [1.82, 2.24) is 5.16 Å². The lowest BCUT2D eigenvalue weighted by Crippen LogP contribution is -2.32. The molecule has 3 aromatic rings. The lowest BCUT2D eigenvalue weighted by molar-refractivity contribution is -0.120. The van der Waals surface area contributed by atoms with Gasteiger partial charge in [0.25, 0.3) is 21.8 Å². The molecule has 1 aliphatic heterocycles. The number of anilines is 3. The maximum atomic E-state index is 12.9. The Morgan fingerprint density at radius 3 is 2.21 bits per heavy atom. The zero-order valence-electron chi connectivity index (χ0n) is 18.5. The molecule has 0 saturated carbocycles. The summed E-state index contributed by atoms with van der Waals surface area (Å²) in [5, 5.41) is 6.30. The number of aryl methyl sites for hydroxylation is 2. The molecular weight excluding hydrogens is 480 g/mol. The Kier molecular flexibility index (Phi) is 6.20. The molecule has 0 atom stereocenters.